The number of urea groups is 1. The van der Waals surface area contributed by atoms with Gasteiger partial charge in [-0.25, -0.2) is 4.79 Å². The molecule has 3 N–H and O–H groups in total. The van der Waals surface area contributed by atoms with Crippen LogP contribution in [0, 0.1) is 5.92 Å². The maximum atomic E-state index is 13.4. The first-order chi connectivity index (χ1) is 18.6. The highest BCUT2D eigenvalue weighted by Crippen LogP contribution is 2.33. The molecule has 2 aromatic carbocycles. The summed E-state index contributed by atoms with van der Waals surface area (Å²) < 4.78 is 17.5. The van der Waals surface area contributed by atoms with Crippen LogP contribution in [0.15, 0.2) is 36.4 Å². The van der Waals surface area contributed by atoms with E-state index in [0.717, 1.165) is 17.1 Å². The summed E-state index contributed by atoms with van der Waals surface area (Å²) in [5, 5.41) is 15.5. The molecule has 0 saturated carbocycles. The largest absolute Gasteiger partial charge is 0.488 e. The summed E-state index contributed by atoms with van der Waals surface area (Å²) in [4.78, 5) is 29.6. The van der Waals surface area contributed by atoms with Crippen LogP contribution >= 0.6 is 0 Å². The third-order valence-electron chi connectivity index (χ3n) is 6.98. The number of hydrogen-bond acceptors (Lipinski definition) is 7. The number of hydrogen-bond donors (Lipinski definition) is 3. The van der Waals surface area contributed by atoms with Crippen molar-refractivity contribution in [2.45, 2.75) is 58.8 Å². The number of aliphatic hydroxyl groups is 1. The van der Waals surface area contributed by atoms with E-state index >= 15 is 0 Å². The van der Waals surface area contributed by atoms with Crippen LogP contribution in [-0.2, 0) is 17.8 Å². The maximum Gasteiger partial charge on any atom is 0.319 e. The van der Waals surface area contributed by atoms with Gasteiger partial charge in [0.2, 0.25) is 12.7 Å². The van der Waals surface area contributed by atoms with E-state index < -0.39 is 0 Å². The Balaban J connectivity index is 1.56. The number of amides is 3. The highest BCUT2D eigenvalue weighted by Gasteiger charge is 2.31. The summed E-state index contributed by atoms with van der Waals surface area (Å²) in [6.07, 6.45) is -0.127. The highest BCUT2D eigenvalue weighted by molar-refractivity contribution is 5.90. The number of nitrogens with zero attached hydrogens (tertiary/aromatic N) is 2. The summed E-state index contributed by atoms with van der Waals surface area (Å²) >= 11 is 0. The van der Waals surface area contributed by atoms with Crippen LogP contribution in [0.4, 0.5) is 10.5 Å². The fourth-order valence-electron chi connectivity index (χ4n) is 4.88. The van der Waals surface area contributed by atoms with Gasteiger partial charge in [0, 0.05) is 42.8 Å². The van der Waals surface area contributed by atoms with Gasteiger partial charge < -0.3 is 34.9 Å². The predicted octanol–water partition coefficient (Wildman–Crippen LogP) is 3.23. The van der Waals surface area contributed by atoms with E-state index in [2.05, 4.69) is 22.5 Å². The van der Waals surface area contributed by atoms with Crippen molar-refractivity contribution in [2.24, 2.45) is 5.92 Å². The number of nitrogens with one attached hydrogen (secondary N) is 2. The number of benzene rings is 2. The van der Waals surface area contributed by atoms with Gasteiger partial charge in [-0.1, -0.05) is 13.0 Å². The molecule has 0 spiro atoms. The molecule has 2 heterocycles. The van der Waals surface area contributed by atoms with Crippen LogP contribution in [-0.4, -0.2) is 78.6 Å². The van der Waals surface area contributed by atoms with Crippen LogP contribution in [0.25, 0.3) is 0 Å². The summed E-state index contributed by atoms with van der Waals surface area (Å²) in [6.45, 7) is 9.55. The summed E-state index contributed by atoms with van der Waals surface area (Å²) in [5.74, 6) is 2.02. The van der Waals surface area contributed by atoms with Gasteiger partial charge in [0.1, 0.15) is 11.9 Å². The number of likely N-dealkylation sites (N-methyl/N-ethyl adjacent to an activating group) is 1. The zero-order valence-corrected chi connectivity index (χ0v) is 23.4. The molecule has 0 bridgehead atoms. The minimum atomic E-state index is -0.327. The average molecular weight is 541 g/mol. The Bertz CT molecular complexity index is 1170. The van der Waals surface area contributed by atoms with E-state index in [1.165, 1.54) is 0 Å². The second-order valence-corrected chi connectivity index (χ2v) is 10.8. The second kappa shape index (κ2) is 12.6. The van der Waals surface area contributed by atoms with Crippen molar-refractivity contribution in [1.29, 1.82) is 0 Å². The first-order valence-electron chi connectivity index (χ1n) is 13.5. The zero-order valence-electron chi connectivity index (χ0n) is 23.4. The monoisotopic (exact) mass is 540 g/mol. The molecule has 39 heavy (non-hydrogen) atoms. The Morgan fingerprint density at radius 2 is 1.87 bits per heavy atom. The maximum absolute atomic E-state index is 13.4. The number of ether oxygens (including phenoxy) is 3. The molecule has 10 heteroatoms. The van der Waals surface area contributed by atoms with E-state index in [9.17, 15) is 14.7 Å². The van der Waals surface area contributed by atoms with Crippen LogP contribution in [0.3, 0.4) is 0 Å². The van der Waals surface area contributed by atoms with Gasteiger partial charge in [-0.15, -0.1) is 0 Å². The van der Waals surface area contributed by atoms with Crippen molar-refractivity contribution in [1.82, 2.24) is 15.1 Å². The van der Waals surface area contributed by atoms with Crippen LogP contribution < -0.4 is 24.8 Å². The van der Waals surface area contributed by atoms with Gasteiger partial charge in [-0.2, -0.15) is 0 Å². The average Bonchev–Trinajstić information content (AvgIpc) is 3.35. The molecule has 0 saturated heterocycles. The molecule has 3 atom stereocenters. The minimum absolute atomic E-state index is 0.00631. The molecule has 2 aliphatic heterocycles. The summed E-state index contributed by atoms with van der Waals surface area (Å²) in [5.41, 5.74) is 2.36. The number of fused-ring (bicyclic) bond motifs is 2. The lowest BCUT2D eigenvalue weighted by molar-refractivity contribution is -0.134. The molecule has 3 amide bonds. The van der Waals surface area contributed by atoms with Crippen molar-refractivity contribution in [3.05, 3.63) is 47.5 Å². The molecule has 0 radical (unpaired) electrons. The molecule has 0 fully saturated rings. The Labute approximate surface area is 230 Å². The number of rotatable bonds is 8. The molecular formula is C29H40N4O6. The van der Waals surface area contributed by atoms with Crippen molar-refractivity contribution < 1.29 is 28.9 Å². The third kappa shape index (κ3) is 7.33. The van der Waals surface area contributed by atoms with E-state index in [0.29, 0.717) is 36.6 Å². The smallest absolute Gasteiger partial charge is 0.319 e. The molecule has 2 aliphatic rings. The molecule has 2 aromatic rings. The lowest BCUT2D eigenvalue weighted by atomic mass is 10.0. The number of anilines is 1. The first-order valence-corrected chi connectivity index (χ1v) is 13.5. The predicted molar refractivity (Wildman–Crippen MR) is 148 cm³/mol. The van der Waals surface area contributed by atoms with Crippen molar-refractivity contribution in [2.75, 3.05) is 38.9 Å². The third-order valence-corrected chi connectivity index (χ3v) is 6.98. The normalized spacial score (nSPS) is 19.6. The van der Waals surface area contributed by atoms with Crippen molar-refractivity contribution >= 4 is 17.6 Å². The van der Waals surface area contributed by atoms with E-state index in [1.54, 1.807) is 17.0 Å². The van der Waals surface area contributed by atoms with E-state index in [1.807, 2.05) is 52.1 Å². The molecule has 0 unspecified atom stereocenters. The highest BCUT2D eigenvalue weighted by atomic mass is 16.7. The molecular weight excluding hydrogens is 500 g/mol. The van der Waals surface area contributed by atoms with Gasteiger partial charge in [-0.3, -0.25) is 9.69 Å². The molecule has 0 aromatic heterocycles. The number of aliphatic hydroxyl groups excluding tert-OH is 1. The van der Waals surface area contributed by atoms with Crippen molar-refractivity contribution in [3.8, 4) is 17.2 Å². The lowest BCUT2D eigenvalue weighted by Gasteiger charge is -2.34. The SMILES string of the molecule is CC(C)NC(=O)Nc1ccc2c(c1)CC(=O)N([C@@H](C)CO)C[C@@H](C)[C@H](CN(C)Cc1ccc3c(c1)OCO3)O2. The molecule has 0 aliphatic carbocycles. The van der Waals surface area contributed by atoms with Gasteiger partial charge in [0.05, 0.1) is 19.1 Å². The fourth-order valence-corrected chi connectivity index (χ4v) is 4.88. The van der Waals surface area contributed by atoms with Crippen LogP contribution in [0.2, 0.25) is 0 Å². The zero-order chi connectivity index (χ0) is 28.1. The summed E-state index contributed by atoms with van der Waals surface area (Å²) in [6, 6.07) is 10.7. The van der Waals surface area contributed by atoms with E-state index in [-0.39, 0.29) is 55.9 Å². The lowest BCUT2D eigenvalue weighted by Crippen LogP contribution is -2.47. The van der Waals surface area contributed by atoms with Gasteiger partial charge in [-0.05, 0) is 63.7 Å². The van der Waals surface area contributed by atoms with Gasteiger partial charge in [0.25, 0.3) is 0 Å². The molecule has 212 valence electrons. The van der Waals surface area contributed by atoms with E-state index in [4.69, 9.17) is 14.2 Å². The first kappa shape index (κ1) is 28.5. The quantitative estimate of drug-likeness (QED) is 0.471. The fraction of sp³-hybridized carbons (Fsp3) is 0.517. The Hall–Kier alpha value is -3.50. The summed E-state index contributed by atoms with van der Waals surface area (Å²) in [7, 11) is 2.04. The Morgan fingerprint density at radius 1 is 1.13 bits per heavy atom. The second-order valence-electron chi connectivity index (χ2n) is 10.8. The topological polar surface area (TPSA) is 113 Å². The molecule has 10 nitrogen and oxygen atoms in total. The van der Waals surface area contributed by atoms with Crippen LogP contribution in [0.1, 0.15) is 38.8 Å². The standard InChI is InChI=1S/C29H40N4O6/c1-18(2)30-29(36)31-23-7-9-24-22(11-23)12-28(35)33(20(4)16-34)13-19(3)27(39-24)15-32(5)14-21-6-8-25-26(10-21)38-17-37-25/h6-11,18-20,27,34H,12-17H2,1-5H3,(H2,30,31,36)/t19-,20+,27+/m1/s1. The molecule has 4 rings (SSSR count). The Kier molecular flexibility index (Phi) is 9.19. The Morgan fingerprint density at radius 3 is 2.62 bits per heavy atom. The van der Waals surface area contributed by atoms with Crippen molar-refractivity contribution in [3.63, 3.8) is 0 Å². The van der Waals surface area contributed by atoms with Gasteiger partial charge >= 0.3 is 6.03 Å². The van der Waals surface area contributed by atoms with Gasteiger partial charge in [0.15, 0.2) is 11.5 Å². The number of carbonyl (C=O) groups excluding carboxylic acids is 2. The van der Waals surface area contributed by atoms with Crippen LogP contribution in [0.5, 0.6) is 17.2 Å². The minimum Gasteiger partial charge on any atom is -0.488 e. The number of carbonyl (C=O) groups is 2.